The van der Waals surface area contributed by atoms with E-state index in [0.29, 0.717) is 0 Å². The van der Waals surface area contributed by atoms with E-state index in [2.05, 4.69) is 15.6 Å². The van der Waals surface area contributed by atoms with Crippen LogP contribution in [0.25, 0.3) is 0 Å². The van der Waals surface area contributed by atoms with Crippen molar-refractivity contribution in [2.45, 2.75) is 0 Å². The highest BCUT2D eigenvalue weighted by Crippen LogP contribution is 2.19. The molecule has 2 aromatic rings. The van der Waals surface area contributed by atoms with Crippen LogP contribution in [0.5, 0.6) is 0 Å². The number of nitrogens with zero attached hydrogens (tertiary/aromatic N) is 2. The number of carbonyl (C=O) groups is 1. The van der Waals surface area contributed by atoms with Crippen LogP contribution in [0.1, 0.15) is 10.4 Å². The van der Waals surface area contributed by atoms with Crippen molar-refractivity contribution in [1.29, 1.82) is 0 Å². The Kier molecular flexibility index (Phi) is 5.13. The Balaban J connectivity index is 1.91. The number of hydrogen-bond donors (Lipinski definition) is 2. The van der Waals surface area contributed by atoms with Crippen LogP contribution >= 0.6 is 0 Å². The van der Waals surface area contributed by atoms with Gasteiger partial charge >= 0.3 is 5.69 Å². The lowest BCUT2D eigenvalue weighted by atomic mass is 10.2. The summed E-state index contributed by atoms with van der Waals surface area (Å²) in [5.41, 5.74) is -0.879. The third-order valence-corrected chi connectivity index (χ3v) is 2.88. The summed E-state index contributed by atoms with van der Waals surface area (Å²) in [7, 11) is 0. The molecular formula is C14H12F2N4O3. The first-order valence-electron chi connectivity index (χ1n) is 6.56. The van der Waals surface area contributed by atoms with Gasteiger partial charge in [-0.15, -0.1) is 0 Å². The van der Waals surface area contributed by atoms with Gasteiger partial charge in [-0.2, -0.15) is 0 Å². The zero-order chi connectivity index (χ0) is 16.8. The number of benzene rings is 1. The van der Waals surface area contributed by atoms with Gasteiger partial charge in [-0.1, -0.05) is 6.07 Å². The Hall–Kier alpha value is -3.10. The molecule has 7 nitrogen and oxygen atoms in total. The minimum Gasteiger partial charge on any atom is -0.363 e. The lowest BCUT2D eigenvalue weighted by Gasteiger charge is -2.08. The zero-order valence-electron chi connectivity index (χ0n) is 11.8. The molecule has 1 heterocycles. The van der Waals surface area contributed by atoms with Crippen LogP contribution in [0, 0.1) is 21.7 Å². The Morgan fingerprint density at radius 1 is 1.17 bits per heavy atom. The minimum absolute atomic E-state index is 0.000334. The number of carbonyl (C=O) groups excluding carboxylic acids is 1. The topological polar surface area (TPSA) is 97.2 Å². The summed E-state index contributed by atoms with van der Waals surface area (Å²) in [5.74, 6) is -2.78. The maximum atomic E-state index is 13.4. The van der Waals surface area contributed by atoms with Crippen molar-refractivity contribution < 1.29 is 18.5 Å². The van der Waals surface area contributed by atoms with E-state index in [1.54, 1.807) is 0 Å². The largest absolute Gasteiger partial charge is 0.363 e. The molecule has 0 spiro atoms. The van der Waals surface area contributed by atoms with Crippen LogP contribution in [0.2, 0.25) is 0 Å². The quantitative estimate of drug-likeness (QED) is 0.482. The molecule has 0 fully saturated rings. The van der Waals surface area contributed by atoms with Crippen LogP contribution < -0.4 is 10.6 Å². The highest BCUT2D eigenvalue weighted by atomic mass is 19.1. The number of pyridine rings is 1. The molecule has 1 aromatic carbocycles. The van der Waals surface area contributed by atoms with Crippen molar-refractivity contribution in [2.24, 2.45) is 0 Å². The molecule has 0 radical (unpaired) electrons. The molecule has 0 aliphatic carbocycles. The molecule has 23 heavy (non-hydrogen) atoms. The molecule has 0 aliphatic rings. The molecule has 120 valence electrons. The first-order chi connectivity index (χ1) is 11.0. The number of aromatic nitrogens is 1. The maximum absolute atomic E-state index is 13.4. The number of amides is 1. The second-order valence-electron chi connectivity index (χ2n) is 4.41. The Bertz CT molecular complexity index is 719. The van der Waals surface area contributed by atoms with Gasteiger partial charge in [-0.05, 0) is 18.2 Å². The van der Waals surface area contributed by atoms with E-state index in [1.807, 2.05) is 0 Å². The van der Waals surface area contributed by atoms with Crippen molar-refractivity contribution in [3.8, 4) is 0 Å². The average molecular weight is 322 g/mol. The minimum atomic E-state index is -0.962. The van der Waals surface area contributed by atoms with Crippen molar-refractivity contribution in [2.75, 3.05) is 18.4 Å². The number of halogens is 2. The van der Waals surface area contributed by atoms with Gasteiger partial charge in [0.1, 0.15) is 17.2 Å². The third kappa shape index (κ3) is 3.96. The summed E-state index contributed by atoms with van der Waals surface area (Å²) >= 11 is 0. The highest BCUT2D eigenvalue weighted by molar-refractivity contribution is 5.94. The van der Waals surface area contributed by atoms with E-state index >= 15 is 0 Å². The Morgan fingerprint density at radius 2 is 1.87 bits per heavy atom. The molecule has 0 saturated carbocycles. The summed E-state index contributed by atoms with van der Waals surface area (Å²) in [6.45, 7) is 0.0972. The standard InChI is InChI=1S/C14H12F2N4O3/c15-9-3-1-4-10(16)12(9)14(21)19-8-7-18-13-11(20(22)23)5-2-6-17-13/h1-6H,7-8H2,(H,17,18)(H,19,21). The second kappa shape index (κ2) is 7.25. The van der Waals surface area contributed by atoms with Crippen molar-refractivity contribution in [3.63, 3.8) is 0 Å². The maximum Gasteiger partial charge on any atom is 0.311 e. The number of hydrogen-bond acceptors (Lipinski definition) is 5. The summed E-state index contributed by atoms with van der Waals surface area (Å²) in [4.78, 5) is 25.7. The summed E-state index contributed by atoms with van der Waals surface area (Å²) in [5, 5.41) is 15.8. The predicted octanol–water partition coefficient (Wildman–Crippen LogP) is 2.11. The van der Waals surface area contributed by atoms with Gasteiger partial charge in [0.15, 0.2) is 0 Å². The van der Waals surface area contributed by atoms with E-state index in [9.17, 15) is 23.7 Å². The van der Waals surface area contributed by atoms with Crippen LogP contribution in [0.15, 0.2) is 36.5 Å². The molecule has 2 N–H and O–H groups in total. The van der Waals surface area contributed by atoms with Crippen LogP contribution in [0.4, 0.5) is 20.3 Å². The summed E-state index contributed by atoms with van der Waals surface area (Å²) < 4.78 is 26.8. The molecule has 0 bridgehead atoms. The van der Waals surface area contributed by atoms with Gasteiger partial charge < -0.3 is 10.6 Å². The average Bonchev–Trinajstić information content (AvgIpc) is 2.51. The number of rotatable bonds is 6. The molecule has 0 saturated heterocycles. The van der Waals surface area contributed by atoms with E-state index in [-0.39, 0.29) is 24.6 Å². The lowest BCUT2D eigenvalue weighted by molar-refractivity contribution is -0.384. The van der Waals surface area contributed by atoms with E-state index in [0.717, 1.165) is 18.2 Å². The summed E-state index contributed by atoms with van der Waals surface area (Å²) in [6, 6.07) is 5.82. The van der Waals surface area contributed by atoms with Crippen LogP contribution in [-0.2, 0) is 0 Å². The fourth-order valence-corrected chi connectivity index (χ4v) is 1.84. The number of nitrogens with one attached hydrogen (secondary N) is 2. The van der Waals surface area contributed by atoms with E-state index in [4.69, 9.17) is 0 Å². The van der Waals surface area contributed by atoms with Crippen molar-refractivity contribution in [3.05, 3.63) is 63.8 Å². The van der Waals surface area contributed by atoms with Gasteiger partial charge in [0.25, 0.3) is 5.91 Å². The SMILES string of the molecule is O=C(NCCNc1ncccc1[N+](=O)[O-])c1c(F)cccc1F. The molecule has 9 heteroatoms. The number of anilines is 1. The van der Waals surface area contributed by atoms with Gasteiger partial charge in [0, 0.05) is 25.4 Å². The third-order valence-electron chi connectivity index (χ3n) is 2.88. The fraction of sp³-hybridized carbons (Fsp3) is 0.143. The predicted molar refractivity (Wildman–Crippen MR) is 78.1 cm³/mol. The van der Waals surface area contributed by atoms with Crippen LogP contribution in [0.3, 0.4) is 0 Å². The second-order valence-corrected chi connectivity index (χ2v) is 4.41. The smallest absolute Gasteiger partial charge is 0.311 e. The molecule has 0 unspecified atom stereocenters. The van der Waals surface area contributed by atoms with Gasteiger partial charge in [-0.3, -0.25) is 14.9 Å². The first-order valence-corrected chi connectivity index (χ1v) is 6.56. The van der Waals surface area contributed by atoms with Crippen LogP contribution in [-0.4, -0.2) is 28.9 Å². The molecule has 0 aliphatic heterocycles. The van der Waals surface area contributed by atoms with Crippen molar-refractivity contribution >= 4 is 17.4 Å². The lowest BCUT2D eigenvalue weighted by Crippen LogP contribution is -2.30. The number of nitro groups is 1. The normalized spacial score (nSPS) is 10.2. The fourth-order valence-electron chi connectivity index (χ4n) is 1.84. The zero-order valence-corrected chi connectivity index (χ0v) is 11.8. The highest BCUT2D eigenvalue weighted by Gasteiger charge is 2.17. The van der Waals surface area contributed by atoms with Gasteiger partial charge in [-0.25, -0.2) is 13.8 Å². The van der Waals surface area contributed by atoms with E-state index < -0.39 is 28.0 Å². The van der Waals surface area contributed by atoms with Gasteiger partial charge in [0.05, 0.1) is 4.92 Å². The molecule has 1 amide bonds. The molecular weight excluding hydrogens is 310 g/mol. The summed E-state index contributed by atoms with van der Waals surface area (Å²) in [6.07, 6.45) is 1.38. The van der Waals surface area contributed by atoms with Crippen molar-refractivity contribution in [1.82, 2.24) is 10.3 Å². The molecule has 0 atom stereocenters. The first kappa shape index (κ1) is 16.3. The Morgan fingerprint density at radius 3 is 2.52 bits per heavy atom. The monoisotopic (exact) mass is 322 g/mol. The molecule has 2 rings (SSSR count). The van der Waals surface area contributed by atoms with E-state index in [1.165, 1.54) is 18.3 Å². The van der Waals surface area contributed by atoms with Gasteiger partial charge in [0.2, 0.25) is 5.82 Å². The molecule has 1 aromatic heterocycles. The Labute approximate surface area is 129 Å².